The molecule has 0 saturated carbocycles. The SMILES string of the molecule is COc1ccccc1N(CCCC(=O)N(Cc1cccc(Br)c1)[C@H](Cc1ccccc1)C(=O)NCC(C)C)S(C)(=O)=O. The number of nitrogens with one attached hydrogen (secondary N) is 1. The minimum Gasteiger partial charge on any atom is -0.495 e. The molecule has 0 bridgehead atoms. The molecule has 10 heteroatoms. The van der Waals surface area contributed by atoms with E-state index in [9.17, 15) is 18.0 Å². The van der Waals surface area contributed by atoms with Crippen LogP contribution in [0.2, 0.25) is 0 Å². The van der Waals surface area contributed by atoms with Crippen molar-refractivity contribution < 1.29 is 22.7 Å². The smallest absolute Gasteiger partial charge is 0.243 e. The molecule has 0 aromatic heterocycles. The van der Waals surface area contributed by atoms with Gasteiger partial charge in [0.05, 0.1) is 19.1 Å². The summed E-state index contributed by atoms with van der Waals surface area (Å²) in [7, 11) is -2.16. The number of para-hydroxylation sites is 2. The minimum atomic E-state index is -3.65. The van der Waals surface area contributed by atoms with Crippen molar-refractivity contribution in [1.29, 1.82) is 0 Å². The highest BCUT2D eigenvalue weighted by molar-refractivity contribution is 9.10. The Hall–Kier alpha value is -3.37. The zero-order valence-electron chi connectivity index (χ0n) is 24.6. The number of anilines is 1. The number of sulfonamides is 1. The molecule has 0 aliphatic rings. The fourth-order valence-corrected chi connectivity index (χ4v) is 6.04. The molecule has 1 atom stereocenters. The standard InChI is InChI=1S/C32H40BrN3O5S/c1-24(2)22-34-32(38)29(21-25-12-6-5-7-13-25)35(23-26-14-10-15-27(33)20-26)31(37)18-11-19-36(42(4,39)40)28-16-8-9-17-30(28)41-3/h5-10,12-17,20,24,29H,11,18-19,21-23H2,1-4H3,(H,34,38)/t29-/m1/s1. The predicted molar refractivity (Wildman–Crippen MR) is 171 cm³/mol. The summed E-state index contributed by atoms with van der Waals surface area (Å²) in [4.78, 5) is 29.2. The Morgan fingerprint density at radius 2 is 1.62 bits per heavy atom. The van der Waals surface area contributed by atoms with Crippen LogP contribution in [0.3, 0.4) is 0 Å². The van der Waals surface area contributed by atoms with Gasteiger partial charge in [-0.15, -0.1) is 0 Å². The predicted octanol–water partition coefficient (Wildman–Crippen LogP) is 5.42. The number of carbonyl (C=O) groups excluding carboxylic acids is 2. The summed E-state index contributed by atoms with van der Waals surface area (Å²) in [6, 6.07) is 23.4. The molecular formula is C32H40BrN3O5S. The molecule has 0 saturated heterocycles. The molecule has 3 rings (SSSR count). The Kier molecular flexibility index (Phi) is 12.4. The van der Waals surface area contributed by atoms with Crippen LogP contribution in [0, 0.1) is 5.92 Å². The average molecular weight is 659 g/mol. The Balaban J connectivity index is 1.90. The quantitative estimate of drug-likeness (QED) is 0.236. The lowest BCUT2D eigenvalue weighted by molar-refractivity contribution is -0.141. The molecule has 0 radical (unpaired) electrons. The van der Waals surface area contributed by atoms with Gasteiger partial charge in [-0.25, -0.2) is 8.42 Å². The molecule has 0 aliphatic carbocycles. The molecule has 3 aromatic carbocycles. The van der Waals surface area contributed by atoms with Crippen molar-refractivity contribution in [2.24, 2.45) is 5.92 Å². The first-order chi connectivity index (χ1) is 20.0. The van der Waals surface area contributed by atoms with Crippen molar-refractivity contribution in [3.8, 4) is 5.75 Å². The summed E-state index contributed by atoms with van der Waals surface area (Å²) in [5.74, 6) is 0.222. The summed E-state index contributed by atoms with van der Waals surface area (Å²) < 4.78 is 33.0. The van der Waals surface area contributed by atoms with E-state index in [1.807, 2.05) is 68.4 Å². The van der Waals surface area contributed by atoms with Gasteiger partial charge in [0.1, 0.15) is 11.8 Å². The largest absolute Gasteiger partial charge is 0.495 e. The van der Waals surface area contributed by atoms with Gasteiger partial charge in [-0.05, 0) is 47.7 Å². The van der Waals surface area contributed by atoms with Gasteiger partial charge in [-0.2, -0.15) is 0 Å². The first-order valence-electron chi connectivity index (χ1n) is 14.0. The Morgan fingerprint density at radius 1 is 0.952 bits per heavy atom. The molecular weight excluding hydrogens is 618 g/mol. The van der Waals surface area contributed by atoms with Crippen molar-refractivity contribution in [2.45, 2.75) is 45.7 Å². The molecule has 42 heavy (non-hydrogen) atoms. The maximum absolute atomic E-state index is 13.9. The van der Waals surface area contributed by atoms with E-state index in [1.165, 1.54) is 11.4 Å². The van der Waals surface area contributed by atoms with Crippen LogP contribution >= 0.6 is 15.9 Å². The molecule has 226 valence electrons. The van der Waals surface area contributed by atoms with Crippen molar-refractivity contribution in [1.82, 2.24) is 10.2 Å². The number of methoxy groups -OCH3 is 1. The second-order valence-corrected chi connectivity index (χ2v) is 13.4. The first kappa shape index (κ1) is 33.1. The average Bonchev–Trinajstić information content (AvgIpc) is 2.95. The number of carbonyl (C=O) groups is 2. The summed E-state index contributed by atoms with van der Waals surface area (Å²) in [6.07, 6.45) is 1.79. The second kappa shape index (κ2) is 15.7. The lowest BCUT2D eigenvalue weighted by Gasteiger charge is -2.32. The maximum Gasteiger partial charge on any atom is 0.243 e. The molecule has 0 fully saturated rings. The molecule has 3 aromatic rings. The monoisotopic (exact) mass is 657 g/mol. The van der Waals surface area contributed by atoms with E-state index in [2.05, 4.69) is 21.2 Å². The fraction of sp³-hybridized carbons (Fsp3) is 0.375. The summed E-state index contributed by atoms with van der Waals surface area (Å²) >= 11 is 3.50. The van der Waals surface area contributed by atoms with Crippen LogP contribution in [0.5, 0.6) is 5.75 Å². The third-order valence-corrected chi connectivity index (χ3v) is 8.38. The highest BCUT2D eigenvalue weighted by Crippen LogP contribution is 2.30. The fourth-order valence-electron chi connectivity index (χ4n) is 4.63. The Morgan fingerprint density at radius 3 is 2.26 bits per heavy atom. The molecule has 2 amide bonds. The topological polar surface area (TPSA) is 96.0 Å². The molecule has 8 nitrogen and oxygen atoms in total. The van der Waals surface area contributed by atoms with Gasteiger partial charge in [0.25, 0.3) is 0 Å². The van der Waals surface area contributed by atoms with Crippen LogP contribution in [0.15, 0.2) is 83.3 Å². The maximum atomic E-state index is 13.9. The van der Waals surface area contributed by atoms with Crippen molar-refractivity contribution >= 4 is 43.5 Å². The van der Waals surface area contributed by atoms with Crippen LogP contribution in [0.25, 0.3) is 0 Å². The van der Waals surface area contributed by atoms with Crippen molar-refractivity contribution in [2.75, 3.05) is 30.8 Å². The van der Waals surface area contributed by atoms with E-state index >= 15 is 0 Å². The highest BCUT2D eigenvalue weighted by Gasteiger charge is 2.31. The third kappa shape index (κ3) is 9.87. The van der Waals surface area contributed by atoms with Crippen LogP contribution in [-0.4, -0.2) is 57.6 Å². The van der Waals surface area contributed by atoms with Crippen molar-refractivity contribution in [3.63, 3.8) is 0 Å². The van der Waals surface area contributed by atoms with Gasteiger partial charge >= 0.3 is 0 Å². The minimum absolute atomic E-state index is 0.0535. The lowest BCUT2D eigenvalue weighted by atomic mass is 10.0. The first-order valence-corrected chi connectivity index (χ1v) is 16.6. The number of ether oxygens (including phenoxy) is 1. The molecule has 1 N–H and O–H groups in total. The molecule has 0 unspecified atom stereocenters. The molecule has 0 heterocycles. The number of hydrogen-bond acceptors (Lipinski definition) is 5. The summed E-state index contributed by atoms with van der Waals surface area (Å²) in [5, 5.41) is 3.02. The van der Waals surface area contributed by atoms with Gasteiger partial charge in [-0.3, -0.25) is 13.9 Å². The highest BCUT2D eigenvalue weighted by atomic mass is 79.9. The van der Waals surface area contributed by atoms with Gasteiger partial charge in [-0.1, -0.05) is 84.4 Å². The second-order valence-electron chi connectivity index (χ2n) is 10.6. The van der Waals surface area contributed by atoms with E-state index < -0.39 is 16.1 Å². The van der Waals surface area contributed by atoms with Crippen molar-refractivity contribution in [3.05, 3.63) is 94.5 Å². The molecule has 0 spiro atoms. The normalized spacial score (nSPS) is 12.0. The van der Waals surface area contributed by atoms with Gasteiger partial charge in [0.15, 0.2) is 0 Å². The van der Waals surface area contributed by atoms with E-state index in [-0.39, 0.29) is 43.7 Å². The van der Waals surface area contributed by atoms with E-state index in [4.69, 9.17) is 4.74 Å². The number of nitrogens with zero attached hydrogens (tertiary/aromatic N) is 2. The zero-order chi connectivity index (χ0) is 30.7. The Labute approximate surface area is 258 Å². The third-order valence-electron chi connectivity index (χ3n) is 6.70. The zero-order valence-corrected chi connectivity index (χ0v) is 27.0. The van der Waals surface area contributed by atoms with Gasteiger partial charge in [0.2, 0.25) is 21.8 Å². The van der Waals surface area contributed by atoms with E-state index in [1.54, 1.807) is 29.2 Å². The van der Waals surface area contributed by atoms with Crippen LogP contribution in [0.1, 0.15) is 37.8 Å². The van der Waals surface area contributed by atoms with Gasteiger partial charge < -0.3 is 15.0 Å². The summed E-state index contributed by atoms with van der Waals surface area (Å²) in [6.45, 7) is 4.84. The molecule has 0 aliphatic heterocycles. The lowest BCUT2D eigenvalue weighted by Crippen LogP contribution is -2.51. The van der Waals surface area contributed by atoms with E-state index in [0.29, 0.717) is 24.4 Å². The number of benzene rings is 3. The summed E-state index contributed by atoms with van der Waals surface area (Å²) in [5.41, 5.74) is 2.23. The Bertz CT molecular complexity index is 1430. The van der Waals surface area contributed by atoms with Gasteiger partial charge in [0, 0.05) is 36.9 Å². The number of halogens is 1. The van der Waals surface area contributed by atoms with E-state index in [0.717, 1.165) is 21.9 Å². The number of rotatable bonds is 15. The number of hydrogen-bond donors (Lipinski definition) is 1. The number of amides is 2. The van der Waals surface area contributed by atoms with Crippen LogP contribution < -0.4 is 14.4 Å². The van der Waals surface area contributed by atoms with Crippen LogP contribution in [0.4, 0.5) is 5.69 Å². The van der Waals surface area contributed by atoms with Crippen LogP contribution in [-0.2, 0) is 32.6 Å².